The van der Waals surface area contributed by atoms with Crippen LogP contribution in [0.5, 0.6) is 0 Å². The van der Waals surface area contributed by atoms with Gasteiger partial charge in [0, 0.05) is 5.02 Å². The van der Waals surface area contributed by atoms with Gasteiger partial charge in [-0.1, -0.05) is 30.7 Å². The van der Waals surface area contributed by atoms with Crippen LogP contribution in [0, 0.1) is 5.82 Å². The third-order valence-electron chi connectivity index (χ3n) is 3.30. The van der Waals surface area contributed by atoms with Crippen molar-refractivity contribution in [3.63, 3.8) is 0 Å². The van der Waals surface area contributed by atoms with Crippen LogP contribution in [-0.2, 0) is 12.0 Å². The lowest BCUT2D eigenvalue weighted by atomic mass is 9.86. The van der Waals surface area contributed by atoms with Crippen molar-refractivity contribution in [2.24, 2.45) is 5.73 Å². The summed E-state index contributed by atoms with van der Waals surface area (Å²) in [4.78, 5) is 4.11. The highest BCUT2D eigenvalue weighted by Gasteiger charge is 2.27. The number of hydrogen-bond acceptors (Lipinski definition) is 2. The van der Waals surface area contributed by atoms with E-state index in [-0.39, 0.29) is 5.82 Å². The molecule has 0 spiro atoms. The number of nitrogens with zero attached hydrogens (tertiary/aromatic N) is 1. The smallest absolute Gasteiger partial charge is 0.141 e. The third-order valence-corrected chi connectivity index (χ3v) is 3.55. The molecule has 0 radical (unpaired) electrons. The zero-order valence-electron chi connectivity index (χ0n) is 10.7. The van der Waals surface area contributed by atoms with Gasteiger partial charge in [0.1, 0.15) is 5.82 Å². The molecule has 1 atom stereocenters. The summed E-state index contributed by atoms with van der Waals surface area (Å²) in [5.41, 5.74) is 7.61. The minimum atomic E-state index is -0.596. The second kappa shape index (κ2) is 5.68. The summed E-state index contributed by atoms with van der Waals surface area (Å²) in [6.07, 6.45) is 2.56. The van der Waals surface area contributed by atoms with Gasteiger partial charge in [0.2, 0.25) is 0 Å². The van der Waals surface area contributed by atoms with Gasteiger partial charge in [-0.2, -0.15) is 0 Å². The Morgan fingerprint density at radius 3 is 2.42 bits per heavy atom. The molecule has 1 heterocycles. The van der Waals surface area contributed by atoms with E-state index in [1.807, 2.05) is 31.2 Å². The molecule has 0 bridgehead atoms. The van der Waals surface area contributed by atoms with Crippen LogP contribution in [0.4, 0.5) is 4.39 Å². The van der Waals surface area contributed by atoms with Crippen molar-refractivity contribution in [2.45, 2.75) is 25.3 Å². The fourth-order valence-electron chi connectivity index (χ4n) is 2.03. The summed E-state index contributed by atoms with van der Waals surface area (Å²) < 4.78 is 12.9. The van der Waals surface area contributed by atoms with Gasteiger partial charge in [-0.15, -0.1) is 0 Å². The Balaban J connectivity index is 2.27. The van der Waals surface area contributed by atoms with Crippen molar-refractivity contribution in [3.05, 3.63) is 64.7 Å². The molecule has 2 rings (SSSR count). The Hall–Kier alpha value is -1.45. The van der Waals surface area contributed by atoms with E-state index in [1.165, 1.54) is 12.3 Å². The van der Waals surface area contributed by atoms with E-state index in [2.05, 4.69) is 4.98 Å². The molecule has 4 heteroatoms. The van der Waals surface area contributed by atoms with Gasteiger partial charge >= 0.3 is 0 Å². The molecule has 0 saturated heterocycles. The molecule has 0 amide bonds. The van der Waals surface area contributed by atoms with E-state index in [0.29, 0.717) is 23.6 Å². The van der Waals surface area contributed by atoms with Crippen molar-refractivity contribution in [2.75, 3.05) is 0 Å². The Bertz CT molecular complexity index is 539. The van der Waals surface area contributed by atoms with Gasteiger partial charge in [0.25, 0.3) is 0 Å². The van der Waals surface area contributed by atoms with Gasteiger partial charge in [0.15, 0.2) is 0 Å². The maximum absolute atomic E-state index is 12.9. The predicted molar refractivity (Wildman–Crippen MR) is 75.5 cm³/mol. The van der Waals surface area contributed by atoms with Gasteiger partial charge in [0.05, 0.1) is 17.4 Å². The molecule has 0 saturated carbocycles. The monoisotopic (exact) mass is 278 g/mol. The van der Waals surface area contributed by atoms with E-state index in [4.69, 9.17) is 17.3 Å². The summed E-state index contributed by atoms with van der Waals surface area (Å²) in [6, 6.07) is 10.6. The molecule has 100 valence electrons. The summed E-state index contributed by atoms with van der Waals surface area (Å²) in [7, 11) is 0. The number of halogens is 2. The number of pyridine rings is 1. The average molecular weight is 279 g/mol. The minimum absolute atomic E-state index is 0.353. The Kier molecular flexibility index (Phi) is 4.17. The van der Waals surface area contributed by atoms with Crippen molar-refractivity contribution >= 4 is 11.6 Å². The fraction of sp³-hybridized carbons (Fsp3) is 0.267. The first-order chi connectivity index (χ1) is 9.03. The summed E-state index contributed by atoms with van der Waals surface area (Å²) in [6.45, 7) is 2.00. The summed E-state index contributed by atoms with van der Waals surface area (Å²) >= 11 is 5.87. The zero-order valence-corrected chi connectivity index (χ0v) is 11.5. The van der Waals surface area contributed by atoms with Crippen LogP contribution in [-0.4, -0.2) is 4.98 Å². The van der Waals surface area contributed by atoms with Crippen molar-refractivity contribution in [1.29, 1.82) is 0 Å². The van der Waals surface area contributed by atoms with Crippen LogP contribution in [0.1, 0.15) is 24.6 Å². The number of rotatable bonds is 4. The van der Waals surface area contributed by atoms with E-state index >= 15 is 0 Å². The maximum atomic E-state index is 12.9. The van der Waals surface area contributed by atoms with Crippen LogP contribution in [0.2, 0.25) is 5.02 Å². The van der Waals surface area contributed by atoms with Gasteiger partial charge in [-0.3, -0.25) is 4.98 Å². The van der Waals surface area contributed by atoms with Crippen LogP contribution < -0.4 is 5.73 Å². The average Bonchev–Trinajstić information content (AvgIpc) is 2.42. The number of hydrogen-bond donors (Lipinski definition) is 1. The molecule has 2 aromatic rings. The first-order valence-electron chi connectivity index (χ1n) is 6.19. The quantitative estimate of drug-likeness (QED) is 0.926. The van der Waals surface area contributed by atoms with Crippen molar-refractivity contribution in [1.82, 2.24) is 4.98 Å². The molecule has 0 fully saturated rings. The second-order valence-corrected chi connectivity index (χ2v) is 5.11. The fourth-order valence-corrected chi connectivity index (χ4v) is 2.16. The van der Waals surface area contributed by atoms with Crippen LogP contribution in [0.25, 0.3) is 0 Å². The highest BCUT2D eigenvalue weighted by Crippen LogP contribution is 2.25. The molecular formula is C15H16ClFN2. The SMILES string of the molecule is CCC(N)(Cc1ccc(Cl)cc1)c1ccc(F)cn1. The third kappa shape index (κ3) is 3.31. The first-order valence-corrected chi connectivity index (χ1v) is 6.56. The van der Waals surface area contributed by atoms with Crippen LogP contribution in [0.3, 0.4) is 0 Å². The first kappa shape index (κ1) is 14.0. The molecule has 0 aliphatic rings. The number of aromatic nitrogens is 1. The molecule has 2 N–H and O–H groups in total. The van der Waals surface area contributed by atoms with E-state index < -0.39 is 5.54 Å². The highest BCUT2D eigenvalue weighted by atomic mass is 35.5. The maximum Gasteiger partial charge on any atom is 0.141 e. The molecule has 2 nitrogen and oxygen atoms in total. The minimum Gasteiger partial charge on any atom is -0.320 e. The number of nitrogens with two attached hydrogens (primary N) is 1. The standard InChI is InChI=1S/C15H16ClFN2/c1-2-15(18,14-8-7-13(17)10-19-14)9-11-3-5-12(16)6-4-11/h3-8,10H,2,9,18H2,1H3. The largest absolute Gasteiger partial charge is 0.320 e. The normalized spacial score (nSPS) is 14.1. The van der Waals surface area contributed by atoms with E-state index in [1.54, 1.807) is 6.07 Å². The molecule has 1 unspecified atom stereocenters. The van der Waals surface area contributed by atoms with Gasteiger partial charge in [-0.05, 0) is 42.7 Å². The second-order valence-electron chi connectivity index (χ2n) is 4.67. The van der Waals surface area contributed by atoms with E-state index in [9.17, 15) is 4.39 Å². The molecule has 1 aromatic carbocycles. The Morgan fingerprint density at radius 1 is 1.21 bits per heavy atom. The summed E-state index contributed by atoms with van der Waals surface area (Å²) in [5.74, 6) is -0.353. The van der Waals surface area contributed by atoms with Crippen LogP contribution in [0.15, 0.2) is 42.6 Å². The topological polar surface area (TPSA) is 38.9 Å². The van der Waals surface area contributed by atoms with Crippen molar-refractivity contribution in [3.8, 4) is 0 Å². The molecule has 0 aliphatic carbocycles. The molecular weight excluding hydrogens is 263 g/mol. The van der Waals surface area contributed by atoms with Gasteiger partial charge < -0.3 is 5.73 Å². The lowest BCUT2D eigenvalue weighted by Gasteiger charge is -2.27. The lowest BCUT2D eigenvalue weighted by molar-refractivity contribution is 0.410. The molecule has 19 heavy (non-hydrogen) atoms. The molecule has 1 aromatic heterocycles. The predicted octanol–water partition coefficient (Wildman–Crippen LogP) is 3.68. The lowest BCUT2D eigenvalue weighted by Crippen LogP contribution is -2.39. The van der Waals surface area contributed by atoms with Crippen LogP contribution >= 0.6 is 11.6 Å². The molecule has 0 aliphatic heterocycles. The highest BCUT2D eigenvalue weighted by molar-refractivity contribution is 6.30. The summed E-state index contributed by atoms with van der Waals surface area (Å²) in [5, 5.41) is 0.697. The zero-order chi connectivity index (χ0) is 13.9. The Labute approximate surface area is 117 Å². The van der Waals surface area contributed by atoms with Crippen molar-refractivity contribution < 1.29 is 4.39 Å². The number of benzene rings is 1. The van der Waals surface area contributed by atoms with Gasteiger partial charge in [-0.25, -0.2) is 4.39 Å². The van der Waals surface area contributed by atoms with E-state index in [0.717, 1.165) is 5.56 Å². The Morgan fingerprint density at radius 2 is 1.89 bits per heavy atom.